The zero-order chi connectivity index (χ0) is 7.98. The van der Waals surface area contributed by atoms with E-state index in [0.717, 1.165) is 12.8 Å². The Balaban J connectivity index is 3.52. The molecule has 0 rings (SSSR count). The van der Waals surface area contributed by atoms with Crippen LogP contribution in [0.4, 0.5) is 0 Å². The Kier molecular flexibility index (Phi) is 5.49. The van der Waals surface area contributed by atoms with E-state index in [0.29, 0.717) is 6.04 Å². The number of hydrogen-bond donors (Lipinski definition) is 2. The number of hydrogen-bond acceptors (Lipinski definition) is 2. The summed E-state index contributed by atoms with van der Waals surface area (Å²) in [5, 5.41) is 2.85. The largest absolute Gasteiger partial charge is 0.353 e. The molecule has 0 spiro atoms. The van der Waals surface area contributed by atoms with Gasteiger partial charge in [0.25, 0.3) is 0 Å². The van der Waals surface area contributed by atoms with Crippen LogP contribution < -0.4 is 5.32 Å². The van der Waals surface area contributed by atoms with Crippen LogP contribution in [-0.4, -0.2) is 17.7 Å². The monoisotopic (exact) mass is 161 g/mol. The third-order valence-corrected chi connectivity index (χ3v) is 1.78. The summed E-state index contributed by atoms with van der Waals surface area (Å²) in [5.74, 6) is 0.313. The molecule has 0 aliphatic carbocycles. The fraction of sp³-hybridized carbons (Fsp3) is 0.857. The van der Waals surface area contributed by atoms with Crippen LogP contribution >= 0.6 is 12.6 Å². The predicted octanol–water partition coefficient (Wildman–Crippen LogP) is 1.22. The molecule has 0 aromatic rings. The van der Waals surface area contributed by atoms with E-state index in [1.807, 2.05) is 0 Å². The number of rotatable bonds is 4. The van der Waals surface area contributed by atoms with E-state index < -0.39 is 0 Å². The second-order valence-corrected chi connectivity index (χ2v) is 2.56. The van der Waals surface area contributed by atoms with E-state index in [-0.39, 0.29) is 11.7 Å². The fourth-order valence-electron chi connectivity index (χ4n) is 0.766. The maximum atomic E-state index is 10.8. The maximum absolute atomic E-state index is 10.8. The molecule has 0 heterocycles. The summed E-state index contributed by atoms with van der Waals surface area (Å²) >= 11 is 3.86. The lowest BCUT2D eigenvalue weighted by Crippen LogP contribution is -2.34. The maximum Gasteiger partial charge on any atom is 0.229 e. The van der Waals surface area contributed by atoms with Crippen LogP contribution in [-0.2, 0) is 4.79 Å². The van der Waals surface area contributed by atoms with Crippen LogP contribution in [0, 0.1) is 0 Å². The average Bonchev–Trinajstić information content (AvgIpc) is 1.99. The third kappa shape index (κ3) is 3.77. The summed E-state index contributed by atoms with van der Waals surface area (Å²) in [6.45, 7) is 4.12. The van der Waals surface area contributed by atoms with Crippen LogP contribution in [0.25, 0.3) is 0 Å². The van der Waals surface area contributed by atoms with Gasteiger partial charge < -0.3 is 5.32 Å². The van der Waals surface area contributed by atoms with Crippen molar-refractivity contribution in [1.29, 1.82) is 0 Å². The lowest BCUT2D eigenvalue weighted by Gasteiger charge is -2.12. The molecule has 0 fully saturated rings. The van der Waals surface area contributed by atoms with E-state index in [9.17, 15) is 4.79 Å². The van der Waals surface area contributed by atoms with Gasteiger partial charge in [0.1, 0.15) is 0 Å². The molecular weight excluding hydrogens is 146 g/mol. The van der Waals surface area contributed by atoms with Gasteiger partial charge in [0, 0.05) is 6.04 Å². The minimum absolute atomic E-state index is 0.0250. The summed E-state index contributed by atoms with van der Waals surface area (Å²) in [6.07, 6.45) is 1.99. The van der Waals surface area contributed by atoms with Gasteiger partial charge in [0.15, 0.2) is 0 Å². The van der Waals surface area contributed by atoms with Crippen molar-refractivity contribution in [1.82, 2.24) is 5.32 Å². The van der Waals surface area contributed by atoms with Gasteiger partial charge in [-0.05, 0) is 12.8 Å². The van der Waals surface area contributed by atoms with Crippen LogP contribution in [0.1, 0.15) is 26.7 Å². The van der Waals surface area contributed by atoms with Gasteiger partial charge in [-0.1, -0.05) is 13.8 Å². The highest BCUT2D eigenvalue weighted by Crippen LogP contribution is 1.95. The molecule has 0 unspecified atom stereocenters. The van der Waals surface area contributed by atoms with E-state index in [1.54, 1.807) is 0 Å². The first-order valence-corrected chi connectivity index (χ1v) is 4.28. The predicted molar refractivity (Wildman–Crippen MR) is 46.4 cm³/mol. The molecule has 1 N–H and O–H groups in total. The van der Waals surface area contributed by atoms with E-state index >= 15 is 0 Å². The summed E-state index contributed by atoms with van der Waals surface area (Å²) < 4.78 is 0. The molecule has 0 saturated carbocycles. The number of carbonyl (C=O) groups is 1. The zero-order valence-electron chi connectivity index (χ0n) is 6.55. The molecule has 0 aromatic heterocycles. The summed E-state index contributed by atoms with van der Waals surface area (Å²) in [5.41, 5.74) is 0. The molecule has 3 heteroatoms. The van der Waals surface area contributed by atoms with Crippen molar-refractivity contribution in [3.8, 4) is 0 Å². The Morgan fingerprint density at radius 3 is 2.30 bits per heavy atom. The molecule has 0 bridgehead atoms. The van der Waals surface area contributed by atoms with Crippen molar-refractivity contribution in [3.05, 3.63) is 0 Å². The van der Waals surface area contributed by atoms with Crippen molar-refractivity contribution < 1.29 is 4.79 Å². The van der Waals surface area contributed by atoms with Gasteiger partial charge in [-0.2, -0.15) is 12.6 Å². The Morgan fingerprint density at radius 2 is 2.00 bits per heavy atom. The smallest absolute Gasteiger partial charge is 0.229 e. The normalized spacial score (nSPS) is 10.0. The van der Waals surface area contributed by atoms with Crippen LogP contribution in [0.5, 0.6) is 0 Å². The lowest BCUT2D eigenvalue weighted by molar-refractivity contribution is -0.119. The molecule has 2 nitrogen and oxygen atoms in total. The van der Waals surface area contributed by atoms with Gasteiger partial charge in [-0.3, -0.25) is 4.79 Å². The second kappa shape index (κ2) is 5.59. The van der Waals surface area contributed by atoms with Gasteiger partial charge in [-0.25, -0.2) is 0 Å². The molecule has 0 radical (unpaired) electrons. The first-order chi connectivity index (χ1) is 4.74. The number of thiol groups is 1. The minimum atomic E-state index is 0.0250. The SMILES string of the molecule is CCC(CC)NC(=O)CS. The molecule has 0 atom stereocenters. The highest BCUT2D eigenvalue weighted by molar-refractivity contribution is 7.81. The molecule has 0 aliphatic rings. The van der Waals surface area contributed by atoms with Gasteiger partial charge in [0.2, 0.25) is 5.91 Å². The molecule has 1 amide bonds. The Morgan fingerprint density at radius 1 is 1.50 bits per heavy atom. The van der Waals surface area contributed by atoms with Crippen molar-refractivity contribution in [2.75, 3.05) is 5.75 Å². The van der Waals surface area contributed by atoms with Gasteiger partial charge in [-0.15, -0.1) is 0 Å². The van der Waals surface area contributed by atoms with Gasteiger partial charge >= 0.3 is 0 Å². The summed E-state index contributed by atoms with van der Waals surface area (Å²) in [4.78, 5) is 10.8. The Hall–Kier alpha value is -0.180. The third-order valence-electron chi connectivity index (χ3n) is 1.49. The van der Waals surface area contributed by atoms with Crippen LogP contribution in [0.3, 0.4) is 0 Å². The fourth-order valence-corrected chi connectivity index (χ4v) is 0.857. The minimum Gasteiger partial charge on any atom is -0.353 e. The molecule has 60 valence electrons. The standard InChI is InChI=1S/C7H15NOS/c1-3-6(4-2)8-7(9)5-10/h6,10H,3-5H2,1-2H3,(H,8,9). The number of nitrogens with one attached hydrogen (secondary N) is 1. The highest BCUT2D eigenvalue weighted by Gasteiger charge is 2.04. The Labute approximate surface area is 67.8 Å². The Bertz CT molecular complexity index is 102. The second-order valence-electron chi connectivity index (χ2n) is 2.24. The number of amides is 1. The topological polar surface area (TPSA) is 29.1 Å². The summed E-state index contributed by atoms with van der Waals surface area (Å²) in [7, 11) is 0. The molecule has 0 aromatic carbocycles. The molecule has 10 heavy (non-hydrogen) atoms. The van der Waals surface area contributed by atoms with E-state index in [4.69, 9.17) is 0 Å². The molecular formula is C7H15NOS. The van der Waals surface area contributed by atoms with Gasteiger partial charge in [0.05, 0.1) is 5.75 Å². The van der Waals surface area contributed by atoms with E-state index in [2.05, 4.69) is 31.8 Å². The zero-order valence-corrected chi connectivity index (χ0v) is 7.45. The average molecular weight is 161 g/mol. The lowest BCUT2D eigenvalue weighted by atomic mass is 10.2. The van der Waals surface area contributed by atoms with Crippen molar-refractivity contribution in [3.63, 3.8) is 0 Å². The van der Waals surface area contributed by atoms with Crippen molar-refractivity contribution >= 4 is 18.5 Å². The van der Waals surface area contributed by atoms with E-state index in [1.165, 1.54) is 0 Å². The molecule has 0 saturated heterocycles. The first kappa shape index (κ1) is 9.82. The van der Waals surface area contributed by atoms with Crippen molar-refractivity contribution in [2.24, 2.45) is 0 Å². The molecule has 0 aliphatic heterocycles. The highest BCUT2D eigenvalue weighted by atomic mass is 32.1. The quantitative estimate of drug-likeness (QED) is 0.596. The van der Waals surface area contributed by atoms with Crippen molar-refractivity contribution in [2.45, 2.75) is 32.7 Å². The number of carbonyl (C=O) groups excluding carboxylic acids is 1. The first-order valence-electron chi connectivity index (χ1n) is 3.64. The summed E-state index contributed by atoms with van der Waals surface area (Å²) in [6, 6.07) is 0.333. The van der Waals surface area contributed by atoms with Crippen LogP contribution in [0.2, 0.25) is 0 Å². The van der Waals surface area contributed by atoms with Crippen LogP contribution in [0.15, 0.2) is 0 Å².